The first-order chi connectivity index (χ1) is 6.13. The molecule has 13 heavy (non-hydrogen) atoms. The summed E-state index contributed by atoms with van der Waals surface area (Å²) >= 11 is 8.80. The average molecular weight is 262 g/mol. The fraction of sp³-hybridized carbons (Fsp3) is 0.300. The van der Waals surface area contributed by atoms with E-state index in [2.05, 4.69) is 15.9 Å². The molecule has 1 nitrogen and oxygen atoms in total. The molecule has 3 heteroatoms. The van der Waals surface area contributed by atoms with Crippen molar-refractivity contribution in [1.29, 1.82) is 0 Å². The third-order valence-electron chi connectivity index (χ3n) is 1.85. The lowest BCUT2D eigenvalue weighted by atomic mass is 10.0. The van der Waals surface area contributed by atoms with E-state index in [-0.39, 0.29) is 11.7 Å². The van der Waals surface area contributed by atoms with Gasteiger partial charge >= 0.3 is 0 Å². The molecule has 0 atom stereocenters. The highest BCUT2D eigenvalue weighted by molar-refractivity contribution is 9.10. The van der Waals surface area contributed by atoms with Crippen molar-refractivity contribution in [2.24, 2.45) is 0 Å². The van der Waals surface area contributed by atoms with Crippen molar-refractivity contribution in [3.63, 3.8) is 0 Å². The van der Waals surface area contributed by atoms with Crippen LogP contribution >= 0.6 is 27.5 Å². The smallest absolute Gasteiger partial charge is 0.151 e. The van der Waals surface area contributed by atoms with Crippen molar-refractivity contribution in [1.82, 2.24) is 0 Å². The minimum atomic E-state index is 0.0582. The number of benzene rings is 1. The Kier molecular flexibility index (Phi) is 3.94. The highest BCUT2D eigenvalue weighted by Gasteiger charge is 2.04. The van der Waals surface area contributed by atoms with Gasteiger partial charge < -0.3 is 0 Å². The van der Waals surface area contributed by atoms with Crippen LogP contribution in [0.5, 0.6) is 0 Å². The van der Waals surface area contributed by atoms with E-state index in [0.717, 1.165) is 15.6 Å². The molecule has 0 saturated carbocycles. The summed E-state index contributed by atoms with van der Waals surface area (Å²) in [6.07, 6.45) is 0.425. The quantitative estimate of drug-likeness (QED) is 0.764. The van der Waals surface area contributed by atoms with Crippen LogP contribution in [0.2, 0.25) is 0 Å². The van der Waals surface area contributed by atoms with Crippen molar-refractivity contribution >= 4 is 33.3 Å². The van der Waals surface area contributed by atoms with Crippen LogP contribution in [0.3, 0.4) is 0 Å². The molecule has 0 unspecified atom stereocenters. The van der Waals surface area contributed by atoms with Gasteiger partial charge in [-0.3, -0.25) is 4.79 Å². The third kappa shape index (κ3) is 3.12. The highest BCUT2D eigenvalue weighted by atomic mass is 79.9. The Morgan fingerprint density at radius 1 is 1.54 bits per heavy atom. The maximum absolute atomic E-state index is 11.1. The second-order valence-electron chi connectivity index (χ2n) is 2.92. The van der Waals surface area contributed by atoms with E-state index in [1.54, 1.807) is 0 Å². The summed E-state index contributed by atoms with van der Waals surface area (Å²) in [6, 6.07) is 5.91. The van der Waals surface area contributed by atoms with E-state index >= 15 is 0 Å². The number of alkyl halides is 1. The maximum atomic E-state index is 11.1. The van der Waals surface area contributed by atoms with Crippen molar-refractivity contribution in [3.05, 3.63) is 33.8 Å². The first-order valence-corrected chi connectivity index (χ1v) is 5.29. The van der Waals surface area contributed by atoms with E-state index in [4.69, 9.17) is 11.6 Å². The fourth-order valence-corrected chi connectivity index (χ4v) is 1.59. The van der Waals surface area contributed by atoms with E-state index in [0.29, 0.717) is 6.42 Å². The van der Waals surface area contributed by atoms with Crippen LogP contribution in [-0.4, -0.2) is 11.7 Å². The predicted molar refractivity (Wildman–Crippen MR) is 58.3 cm³/mol. The molecule has 1 aromatic carbocycles. The van der Waals surface area contributed by atoms with Crippen molar-refractivity contribution in [3.8, 4) is 0 Å². The summed E-state index contributed by atoms with van der Waals surface area (Å²) in [4.78, 5) is 11.1. The van der Waals surface area contributed by atoms with E-state index in [9.17, 15) is 4.79 Å². The largest absolute Gasteiger partial charge is 0.298 e. The molecule has 1 rings (SSSR count). The maximum Gasteiger partial charge on any atom is 0.151 e. The Morgan fingerprint density at radius 3 is 2.85 bits per heavy atom. The van der Waals surface area contributed by atoms with Crippen molar-refractivity contribution < 1.29 is 4.79 Å². The van der Waals surface area contributed by atoms with Crippen LogP contribution in [0, 0.1) is 6.92 Å². The molecule has 0 bridgehead atoms. The normalized spacial score (nSPS) is 10.1. The molecular weight excluding hydrogens is 251 g/mol. The minimum Gasteiger partial charge on any atom is -0.298 e. The van der Waals surface area contributed by atoms with Gasteiger partial charge in [0.2, 0.25) is 0 Å². The molecule has 70 valence electrons. The molecule has 0 aliphatic heterocycles. The lowest BCUT2D eigenvalue weighted by Crippen LogP contribution is -2.05. The number of Topliss-reactive ketones (excluding diaryl/α,β-unsaturated/α-hetero) is 1. The van der Waals surface area contributed by atoms with E-state index < -0.39 is 0 Å². The molecule has 1 aromatic rings. The van der Waals surface area contributed by atoms with Gasteiger partial charge in [-0.05, 0) is 30.2 Å². The van der Waals surface area contributed by atoms with Gasteiger partial charge in [0, 0.05) is 10.9 Å². The van der Waals surface area contributed by atoms with Gasteiger partial charge in [0.05, 0.1) is 5.88 Å². The molecule has 0 spiro atoms. The number of rotatable bonds is 3. The lowest BCUT2D eigenvalue weighted by Gasteiger charge is -2.03. The van der Waals surface area contributed by atoms with Crippen LogP contribution in [0.4, 0.5) is 0 Å². The number of hydrogen-bond donors (Lipinski definition) is 0. The Labute approximate surface area is 91.2 Å². The van der Waals surface area contributed by atoms with Gasteiger partial charge in [-0.1, -0.05) is 22.0 Å². The molecule has 0 aromatic heterocycles. The first-order valence-electron chi connectivity index (χ1n) is 3.96. The fourth-order valence-electron chi connectivity index (χ4n) is 1.09. The summed E-state index contributed by atoms with van der Waals surface area (Å²) in [5.74, 6) is 0.147. The molecule has 0 radical (unpaired) electrons. The zero-order chi connectivity index (χ0) is 9.84. The Hall–Kier alpha value is -0.340. The molecule has 0 heterocycles. The first kappa shape index (κ1) is 10.7. The summed E-state index contributed by atoms with van der Waals surface area (Å²) in [5.41, 5.74) is 2.17. The summed E-state index contributed by atoms with van der Waals surface area (Å²) in [7, 11) is 0. The summed E-state index contributed by atoms with van der Waals surface area (Å²) < 4.78 is 0.996. The van der Waals surface area contributed by atoms with Gasteiger partial charge in [-0.2, -0.15) is 0 Å². The number of halogens is 2. The Bertz CT molecular complexity index is 323. The Morgan fingerprint density at radius 2 is 2.23 bits per heavy atom. The molecule has 0 aliphatic rings. The van der Waals surface area contributed by atoms with Gasteiger partial charge in [0.25, 0.3) is 0 Å². The van der Waals surface area contributed by atoms with Gasteiger partial charge in [0.15, 0.2) is 5.78 Å². The second-order valence-corrected chi connectivity index (χ2v) is 4.10. The molecule has 0 N–H and O–H groups in total. The standard InChI is InChI=1S/C10H10BrClO/c1-7-2-3-9(11)4-8(7)5-10(13)6-12/h2-4H,5-6H2,1H3. The summed E-state index contributed by atoms with van der Waals surface area (Å²) in [5, 5.41) is 0. The number of carbonyl (C=O) groups is 1. The van der Waals surface area contributed by atoms with Gasteiger partial charge in [-0.25, -0.2) is 0 Å². The van der Waals surface area contributed by atoms with Gasteiger partial charge in [-0.15, -0.1) is 11.6 Å². The zero-order valence-electron chi connectivity index (χ0n) is 7.31. The van der Waals surface area contributed by atoms with Crippen molar-refractivity contribution in [2.45, 2.75) is 13.3 Å². The molecule has 0 amide bonds. The molecule has 0 fully saturated rings. The highest BCUT2D eigenvalue weighted by Crippen LogP contribution is 2.16. The zero-order valence-corrected chi connectivity index (χ0v) is 9.65. The Balaban J connectivity index is 2.87. The molecule has 0 aliphatic carbocycles. The number of carbonyl (C=O) groups excluding carboxylic acids is 1. The molecule has 0 saturated heterocycles. The molecular formula is C10H10BrClO. The van der Waals surface area contributed by atoms with Crippen LogP contribution in [0.25, 0.3) is 0 Å². The number of aryl methyl sites for hydroxylation is 1. The monoisotopic (exact) mass is 260 g/mol. The van der Waals surface area contributed by atoms with Crippen molar-refractivity contribution in [2.75, 3.05) is 5.88 Å². The predicted octanol–water partition coefficient (Wildman–Crippen LogP) is 3.11. The topological polar surface area (TPSA) is 17.1 Å². The van der Waals surface area contributed by atoms with E-state index in [1.165, 1.54) is 0 Å². The summed E-state index contributed by atoms with van der Waals surface area (Å²) in [6.45, 7) is 1.99. The van der Waals surface area contributed by atoms with Gasteiger partial charge in [0.1, 0.15) is 0 Å². The lowest BCUT2D eigenvalue weighted by molar-refractivity contribution is -0.116. The number of ketones is 1. The van der Waals surface area contributed by atoms with E-state index in [1.807, 2.05) is 25.1 Å². The van der Waals surface area contributed by atoms with Crippen LogP contribution in [0.15, 0.2) is 22.7 Å². The third-order valence-corrected chi connectivity index (χ3v) is 2.64. The SMILES string of the molecule is Cc1ccc(Br)cc1CC(=O)CCl. The van der Waals surface area contributed by atoms with Crippen LogP contribution in [0.1, 0.15) is 11.1 Å². The van der Waals surface area contributed by atoms with Crippen LogP contribution in [-0.2, 0) is 11.2 Å². The second kappa shape index (κ2) is 4.77. The average Bonchev–Trinajstić information content (AvgIpc) is 2.11. The van der Waals surface area contributed by atoms with Crippen LogP contribution < -0.4 is 0 Å². The minimum absolute atomic E-state index is 0.0582. The number of hydrogen-bond acceptors (Lipinski definition) is 1.